The SMILES string of the molecule is C[C@H]1CC[C@H]2C(C)(C)[C@H](OC(=O)c3ccccc3)CC[C@]23Oc2c(c(OCc4ccccc4)cc4c2CN(C(=O)OC(C)(C)C)C4=O)C[C@]13C. The first-order valence-electron chi connectivity index (χ1n) is 18.0. The van der Waals surface area contributed by atoms with Crippen molar-refractivity contribution in [3.05, 3.63) is 94.5 Å². The van der Waals surface area contributed by atoms with E-state index in [0.717, 1.165) is 24.0 Å². The van der Waals surface area contributed by atoms with E-state index in [9.17, 15) is 14.4 Å². The van der Waals surface area contributed by atoms with Gasteiger partial charge in [-0.15, -0.1) is 0 Å². The van der Waals surface area contributed by atoms with E-state index < -0.39 is 28.6 Å². The number of fused-ring (bicyclic) bond motifs is 3. The van der Waals surface area contributed by atoms with E-state index in [1.54, 1.807) is 32.9 Å². The van der Waals surface area contributed by atoms with E-state index in [-0.39, 0.29) is 30.0 Å². The third-order valence-electron chi connectivity index (χ3n) is 12.2. The molecular weight excluding hydrogens is 630 g/mol. The van der Waals surface area contributed by atoms with Gasteiger partial charge in [-0.25, -0.2) is 14.5 Å². The maximum absolute atomic E-state index is 13.9. The largest absolute Gasteiger partial charge is 0.488 e. The van der Waals surface area contributed by atoms with E-state index in [4.69, 9.17) is 18.9 Å². The number of imide groups is 1. The summed E-state index contributed by atoms with van der Waals surface area (Å²) < 4.78 is 26.0. The molecule has 50 heavy (non-hydrogen) atoms. The average molecular weight is 680 g/mol. The van der Waals surface area contributed by atoms with Gasteiger partial charge in [0.1, 0.15) is 35.4 Å². The number of esters is 1. The fourth-order valence-corrected chi connectivity index (χ4v) is 9.32. The molecule has 2 fully saturated rings. The molecule has 4 aliphatic rings. The molecule has 0 N–H and O–H groups in total. The first-order valence-corrected chi connectivity index (χ1v) is 18.0. The first kappa shape index (κ1) is 34.1. The van der Waals surface area contributed by atoms with Gasteiger partial charge in [0.15, 0.2) is 0 Å². The Hall–Kier alpha value is -4.33. The minimum atomic E-state index is -0.758. The summed E-state index contributed by atoms with van der Waals surface area (Å²) in [6, 6.07) is 20.9. The zero-order valence-electron chi connectivity index (χ0n) is 30.3. The van der Waals surface area contributed by atoms with E-state index in [1.165, 1.54) is 4.90 Å². The highest BCUT2D eigenvalue weighted by molar-refractivity contribution is 6.07. The van der Waals surface area contributed by atoms with Gasteiger partial charge in [0.25, 0.3) is 5.91 Å². The zero-order valence-corrected chi connectivity index (χ0v) is 30.3. The van der Waals surface area contributed by atoms with Crippen LogP contribution in [0.3, 0.4) is 0 Å². The minimum absolute atomic E-state index is 0.0651. The lowest BCUT2D eigenvalue weighted by molar-refractivity contribution is -0.233. The van der Waals surface area contributed by atoms with Crippen LogP contribution in [0, 0.1) is 22.7 Å². The number of hydrogen-bond donors (Lipinski definition) is 0. The third kappa shape index (κ3) is 5.55. The van der Waals surface area contributed by atoms with Crippen molar-refractivity contribution in [2.45, 2.75) is 111 Å². The molecule has 8 nitrogen and oxygen atoms in total. The Labute approximate surface area is 295 Å². The van der Waals surface area contributed by atoms with Gasteiger partial charge in [-0.2, -0.15) is 0 Å². The van der Waals surface area contributed by atoms with Crippen LogP contribution >= 0.6 is 0 Å². The molecule has 2 saturated carbocycles. The highest BCUT2D eigenvalue weighted by Crippen LogP contribution is 2.67. The van der Waals surface area contributed by atoms with Crippen LogP contribution in [-0.2, 0) is 29.0 Å². The number of benzene rings is 3. The Kier molecular flexibility index (Phi) is 8.31. The molecule has 2 heterocycles. The van der Waals surface area contributed by atoms with Crippen molar-refractivity contribution in [1.82, 2.24) is 4.90 Å². The summed E-state index contributed by atoms with van der Waals surface area (Å²) in [4.78, 5) is 41.8. The van der Waals surface area contributed by atoms with Crippen molar-refractivity contribution in [2.75, 3.05) is 0 Å². The molecule has 264 valence electrons. The van der Waals surface area contributed by atoms with Gasteiger partial charge < -0.3 is 18.9 Å². The van der Waals surface area contributed by atoms with Gasteiger partial charge in [0, 0.05) is 27.9 Å². The number of carbonyl (C=O) groups excluding carboxylic acids is 3. The predicted molar refractivity (Wildman–Crippen MR) is 189 cm³/mol. The summed E-state index contributed by atoms with van der Waals surface area (Å²) in [5, 5.41) is 0. The zero-order chi connectivity index (χ0) is 35.6. The summed E-state index contributed by atoms with van der Waals surface area (Å²) in [6.07, 6.45) is 3.02. The van der Waals surface area contributed by atoms with Crippen LogP contribution in [-0.4, -0.2) is 40.2 Å². The van der Waals surface area contributed by atoms with Gasteiger partial charge in [-0.3, -0.25) is 4.79 Å². The maximum atomic E-state index is 13.9. The summed E-state index contributed by atoms with van der Waals surface area (Å²) in [7, 11) is 0. The molecule has 0 bridgehead atoms. The Balaban J connectivity index is 1.29. The van der Waals surface area contributed by atoms with Gasteiger partial charge in [0.05, 0.1) is 17.7 Å². The lowest BCUT2D eigenvalue weighted by atomic mass is 9.43. The summed E-state index contributed by atoms with van der Waals surface area (Å²) in [5.41, 5.74) is 1.58. The number of nitrogens with zero attached hydrogens (tertiary/aromatic N) is 1. The molecule has 5 atom stereocenters. The number of rotatable bonds is 5. The van der Waals surface area contributed by atoms with Crippen LogP contribution in [0.15, 0.2) is 66.7 Å². The molecule has 8 heteroatoms. The van der Waals surface area contributed by atoms with Crippen molar-refractivity contribution < 1.29 is 33.3 Å². The number of amides is 2. The number of carbonyl (C=O) groups is 3. The molecule has 2 aliphatic heterocycles. The molecule has 2 amide bonds. The molecular formula is C42H49NO7. The molecule has 0 aromatic heterocycles. The highest BCUT2D eigenvalue weighted by Gasteiger charge is 2.68. The second-order valence-corrected chi connectivity index (χ2v) is 16.6. The van der Waals surface area contributed by atoms with E-state index in [1.807, 2.05) is 54.6 Å². The molecule has 3 aromatic carbocycles. The topological polar surface area (TPSA) is 91.4 Å². The maximum Gasteiger partial charge on any atom is 0.417 e. The number of hydrogen-bond acceptors (Lipinski definition) is 7. The highest BCUT2D eigenvalue weighted by atomic mass is 16.6. The normalized spacial score (nSPS) is 27.9. The van der Waals surface area contributed by atoms with E-state index in [2.05, 4.69) is 27.7 Å². The monoisotopic (exact) mass is 679 g/mol. The Bertz CT molecular complexity index is 1810. The Morgan fingerprint density at radius 2 is 1.62 bits per heavy atom. The van der Waals surface area contributed by atoms with Crippen molar-refractivity contribution in [3.8, 4) is 11.5 Å². The predicted octanol–water partition coefficient (Wildman–Crippen LogP) is 8.93. The quantitative estimate of drug-likeness (QED) is 0.249. The van der Waals surface area contributed by atoms with E-state index >= 15 is 0 Å². The first-order chi connectivity index (χ1) is 23.6. The van der Waals surface area contributed by atoms with Gasteiger partial charge in [0.2, 0.25) is 0 Å². The molecule has 0 unspecified atom stereocenters. The number of ether oxygens (including phenoxy) is 4. The third-order valence-corrected chi connectivity index (χ3v) is 12.2. The smallest absolute Gasteiger partial charge is 0.417 e. The van der Waals surface area contributed by atoms with Crippen LogP contribution in [0.5, 0.6) is 11.5 Å². The van der Waals surface area contributed by atoms with Crippen LogP contribution in [0.4, 0.5) is 4.79 Å². The lowest BCUT2D eigenvalue weighted by Crippen LogP contribution is -2.70. The lowest BCUT2D eigenvalue weighted by Gasteiger charge is -2.67. The van der Waals surface area contributed by atoms with Gasteiger partial charge in [-0.05, 0) is 82.6 Å². The fourth-order valence-electron chi connectivity index (χ4n) is 9.32. The van der Waals surface area contributed by atoms with Crippen LogP contribution in [0.25, 0.3) is 0 Å². The van der Waals surface area contributed by atoms with Crippen LogP contribution in [0.2, 0.25) is 0 Å². The Morgan fingerprint density at radius 3 is 2.30 bits per heavy atom. The van der Waals surface area contributed by atoms with Gasteiger partial charge >= 0.3 is 12.1 Å². The second-order valence-electron chi connectivity index (χ2n) is 16.6. The standard InChI is InChI=1S/C42H49NO7/c1-26-18-19-33-40(5,6)34(48-37(45)28-16-12-9-13-17-28)20-21-42(33)41(26,7)23-30-32(47-25-27-14-10-8-11-15-27)22-29-31(35(30)49-42)24-43(36(29)44)38(46)50-39(2,3)4/h8-17,22,26,33-34H,18-21,23-25H2,1-7H3/t26-,33-,34+,41+,42-/m0/s1. The molecule has 2 aliphatic carbocycles. The Morgan fingerprint density at radius 1 is 0.940 bits per heavy atom. The molecule has 1 spiro atoms. The summed E-state index contributed by atoms with van der Waals surface area (Å²) in [6.45, 7) is 14.9. The van der Waals surface area contributed by atoms with Crippen molar-refractivity contribution in [2.24, 2.45) is 22.7 Å². The molecule has 0 saturated heterocycles. The molecule has 3 aromatic rings. The fraction of sp³-hybridized carbons (Fsp3) is 0.500. The van der Waals surface area contributed by atoms with Crippen LogP contribution in [0.1, 0.15) is 112 Å². The van der Waals surface area contributed by atoms with Crippen molar-refractivity contribution in [3.63, 3.8) is 0 Å². The summed E-state index contributed by atoms with van der Waals surface area (Å²) in [5.74, 6) is 0.937. The van der Waals surface area contributed by atoms with Crippen molar-refractivity contribution in [1.29, 1.82) is 0 Å². The van der Waals surface area contributed by atoms with Crippen LogP contribution < -0.4 is 9.47 Å². The van der Waals surface area contributed by atoms with Crippen molar-refractivity contribution >= 4 is 18.0 Å². The van der Waals surface area contributed by atoms with Gasteiger partial charge in [-0.1, -0.05) is 76.2 Å². The molecule has 0 radical (unpaired) electrons. The minimum Gasteiger partial charge on any atom is -0.488 e. The summed E-state index contributed by atoms with van der Waals surface area (Å²) >= 11 is 0. The average Bonchev–Trinajstić information content (AvgIpc) is 3.41. The van der Waals surface area contributed by atoms with E-state index in [0.29, 0.717) is 60.0 Å². The molecule has 7 rings (SSSR count). The second kappa shape index (κ2) is 12.2.